The minimum Gasteiger partial charge on any atom is -0.393 e. The van der Waals surface area contributed by atoms with Crippen LogP contribution >= 0.6 is 0 Å². The van der Waals surface area contributed by atoms with Crippen LogP contribution in [0.5, 0.6) is 0 Å². The number of hydrogen-bond acceptors (Lipinski definition) is 7. The molecule has 5 rings (SSSR count). The van der Waals surface area contributed by atoms with Gasteiger partial charge in [-0.1, -0.05) is 0 Å². The van der Waals surface area contributed by atoms with Crippen molar-refractivity contribution in [3.63, 3.8) is 0 Å². The minimum absolute atomic E-state index is 0.104. The molecule has 1 aliphatic heterocycles. The summed E-state index contributed by atoms with van der Waals surface area (Å²) in [6.07, 6.45) is 10.3. The van der Waals surface area contributed by atoms with Crippen LogP contribution in [0.4, 0.5) is 5.95 Å². The summed E-state index contributed by atoms with van der Waals surface area (Å²) in [7, 11) is 1.69. The Morgan fingerprint density at radius 2 is 2.09 bits per heavy atom. The Morgan fingerprint density at radius 3 is 2.84 bits per heavy atom. The fourth-order valence-corrected chi connectivity index (χ4v) is 4.89. The average Bonchev–Trinajstić information content (AvgIpc) is 3.53. The monoisotopic (exact) mass is 440 g/mol. The second-order valence-corrected chi connectivity index (χ2v) is 9.09. The van der Waals surface area contributed by atoms with Crippen molar-refractivity contribution < 1.29 is 14.6 Å². The molecule has 9 nitrogen and oxygen atoms in total. The van der Waals surface area contributed by atoms with Gasteiger partial charge in [0.15, 0.2) is 0 Å². The van der Waals surface area contributed by atoms with Crippen LogP contribution < -0.4 is 5.32 Å². The number of nitrogens with one attached hydrogen (secondary N) is 1. The minimum atomic E-state index is -0.189. The number of nitrogens with zero attached hydrogens (tertiary/aromatic N) is 5. The van der Waals surface area contributed by atoms with Gasteiger partial charge in [0.25, 0.3) is 0 Å². The Hall–Kier alpha value is -2.49. The van der Waals surface area contributed by atoms with Gasteiger partial charge in [-0.25, -0.2) is 9.50 Å². The number of methoxy groups -OCH3 is 1. The van der Waals surface area contributed by atoms with Gasteiger partial charge in [0.05, 0.1) is 43.3 Å². The molecule has 0 spiro atoms. The van der Waals surface area contributed by atoms with E-state index in [0.29, 0.717) is 31.1 Å². The quantitative estimate of drug-likeness (QED) is 0.583. The average molecular weight is 441 g/mol. The van der Waals surface area contributed by atoms with Gasteiger partial charge in [0, 0.05) is 48.7 Å². The molecule has 2 N–H and O–H groups in total. The molecule has 0 amide bonds. The largest absolute Gasteiger partial charge is 0.393 e. The topological polar surface area (TPSA) is 98.7 Å². The van der Waals surface area contributed by atoms with Gasteiger partial charge in [0.2, 0.25) is 5.95 Å². The van der Waals surface area contributed by atoms with Gasteiger partial charge in [0.1, 0.15) is 0 Å². The number of fused-ring (bicyclic) bond motifs is 1. The molecule has 0 aromatic carbocycles. The van der Waals surface area contributed by atoms with Crippen molar-refractivity contribution in [2.24, 2.45) is 0 Å². The van der Waals surface area contributed by atoms with E-state index in [-0.39, 0.29) is 12.1 Å². The summed E-state index contributed by atoms with van der Waals surface area (Å²) < 4.78 is 14.8. The van der Waals surface area contributed by atoms with Crippen LogP contribution in [0.3, 0.4) is 0 Å². The maximum absolute atomic E-state index is 10.00. The lowest BCUT2D eigenvalue weighted by Crippen LogP contribution is -2.23. The standard InChI is InChI=1S/C23H32N6O3/c1-15(13-31-2)26-23-24-11-22-20(17-10-25-28(12-17)18-7-8-32-14-18)9-21(29(22)27-23)16-3-5-19(30)6-4-16/h9-12,15-16,18-19,30H,3-8,13-14H2,1-2H3,(H,26,27)/t15-,16-,18+,19-/m0/s1. The second-order valence-electron chi connectivity index (χ2n) is 9.09. The SMILES string of the molecule is COC[C@H](C)Nc1ncc2c(-c3cnn([C@@H]4CCOC4)c3)cc([C@H]3CC[C@H](O)CC3)n2n1. The molecule has 1 aliphatic carbocycles. The van der Waals surface area contributed by atoms with Crippen LogP contribution in [0.1, 0.15) is 56.7 Å². The van der Waals surface area contributed by atoms with Crippen LogP contribution in [0.15, 0.2) is 24.7 Å². The predicted octanol–water partition coefficient (Wildman–Crippen LogP) is 3.02. The summed E-state index contributed by atoms with van der Waals surface area (Å²) in [6, 6.07) is 2.64. The first-order valence-electron chi connectivity index (χ1n) is 11.6. The zero-order valence-electron chi connectivity index (χ0n) is 18.8. The van der Waals surface area contributed by atoms with Gasteiger partial charge < -0.3 is 19.9 Å². The zero-order valence-corrected chi connectivity index (χ0v) is 18.8. The molecule has 9 heteroatoms. The van der Waals surface area contributed by atoms with E-state index in [0.717, 1.165) is 55.4 Å². The summed E-state index contributed by atoms with van der Waals surface area (Å²) in [6.45, 7) is 4.13. The van der Waals surface area contributed by atoms with E-state index in [1.807, 2.05) is 28.5 Å². The lowest BCUT2D eigenvalue weighted by atomic mass is 9.85. The number of ether oxygens (including phenoxy) is 2. The molecule has 1 saturated heterocycles. The van der Waals surface area contributed by atoms with E-state index in [4.69, 9.17) is 14.6 Å². The van der Waals surface area contributed by atoms with Gasteiger partial charge >= 0.3 is 0 Å². The van der Waals surface area contributed by atoms with Crippen LogP contribution in [0, 0.1) is 0 Å². The number of aliphatic hydroxyl groups excluding tert-OH is 1. The Balaban J connectivity index is 1.52. The molecule has 0 bridgehead atoms. The van der Waals surface area contributed by atoms with Gasteiger partial charge in [-0.3, -0.25) is 4.68 Å². The molecular weight excluding hydrogens is 408 g/mol. The smallest absolute Gasteiger partial charge is 0.241 e. The zero-order chi connectivity index (χ0) is 22.1. The number of aromatic nitrogens is 5. The Bertz CT molecular complexity index is 1050. The molecule has 172 valence electrons. The maximum Gasteiger partial charge on any atom is 0.241 e. The van der Waals surface area contributed by atoms with Crippen LogP contribution in [-0.4, -0.2) is 68.6 Å². The van der Waals surface area contributed by atoms with Crippen molar-refractivity contribution in [3.05, 3.63) is 30.4 Å². The molecule has 3 aromatic heterocycles. The van der Waals surface area contributed by atoms with Gasteiger partial charge in [-0.05, 0) is 45.1 Å². The molecule has 0 unspecified atom stereocenters. The molecule has 2 fully saturated rings. The fourth-order valence-electron chi connectivity index (χ4n) is 4.89. The molecule has 32 heavy (non-hydrogen) atoms. The van der Waals surface area contributed by atoms with E-state index in [1.54, 1.807) is 7.11 Å². The second kappa shape index (κ2) is 9.17. The first-order chi connectivity index (χ1) is 15.6. The third kappa shape index (κ3) is 4.24. The predicted molar refractivity (Wildman–Crippen MR) is 121 cm³/mol. The number of hydrogen-bond donors (Lipinski definition) is 2. The summed E-state index contributed by atoms with van der Waals surface area (Å²) in [5.41, 5.74) is 4.29. The van der Waals surface area contributed by atoms with Crippen molar-refractivity contribution in [2.75, 3.05) is 32.2 Å². The molecule has 3 aromatic rings. The molecular formula is C23H32N6O3. The van der Waals surface area contributed by atoms with Crippen LogP contribution in [-0.2, 0) is 9.47 Å². The fraction of sp³-hybridized carbons (Fsp3) is 0.609. The van der Waals surface area contributed by atoms with Crippen molar-refractivity contribution in [3.8, 4) is 11.1 Å². The van der Waals surface area contributed by atoms with Crippen molar-refractivity contribution in [1.29, 1.82) is 0 Å². The van der Waals surface area contributed by atoms with E-state index in [1.165, 1.54) is 5.69 Å². The van der Waals surface area contributed by atoms with Crippen molar-refractivity contribution >= 4 is 11.5 Å². The highest BCUT2D eigenvalue weighted by Gasteiger charge is 2.26. The van der Waals surface area contributed by atoms with Gasteiger partial charge in [-0.2, -0.15) is 5.10 Å². The highest BCUT2D eigenvalue weighted by molar-refractivity contribution is 5.81. The summed E-state index contributed by atoms with van der Waals surface area (Å²) in [4.78, 5) is 4.58. The van der Waals surface area contributed by atoms with Crippen molar-refractivity contribution in [2.45, 2.75) is 63.1 Å². The third-order valence-corrected chi connectivity index (χ3v) is 6.64. The molecule has 2 aliphatic rings. The van der Waals surface area contributed by atoms with E-state index >= 15 is 0 Å². The van der Waals surface area contributed by atoms with E-state index in [2.05, 4.69) is 27.7 Å². The summed E-state index contributed by atoms with van der Waals surface area (Å²) >= 11 is 0. The van der Waals surface area contributed by atoms with E-state index < -0.39 is 0 Å². The van der Waals surface area contributed by atoms with Crippen molar-refractivity contribution in [1.82, 2.24) is 24.4 Å². The lowest BCUT2D eigenvalue weighted by molar-refractivity contribution is 0.121. The normalized spacial score (nSPS) is 24.8. The van der Waals surface area contributed by atoms with E-state index in [9.17, 15) is 5.11 Å². The molecule has 2 atom stereocenters. The van der Waals surface area contributed by atoms with Crippen LogP contribution in [0.2, 0.25) is 0 Å². The number of anilines is 1. The summed E-state index contributed by atoms with van der Waals surface area (Å²) in [5.74, 6) is 0.942. The third-order valence-electron chi connectivity index (χ3n) is 6.64. The molecule has 1 saturated carbocycles. The molecule has 4 heterocycles. The Morgan fingerprint density at radius 1 is 1.25 bits per heavy atom. The molecule has 0 radical (unpaired) electrons. The summed E-state index contributed by atoms with van der Waals surface area (Å²) in [5, 5.41) is 22.8. The highest BCUT2D eigenvalue weighted by Crippen LogP contribution is 2.37. The first kappa shape index (κ1) is 21.4. The Kier molecular flexibility index (Phi) is 6.12. The lowest BCUT2D eigenvalue weighted by Gasteiger charge is -2.25. The number of aliphatic hydroxyl groups is 1. The maximum atomic E-state index is 10.00. The first-order valence-corrected chi connectivity index (χ1v) is 11.6. The van der Waals surface area contributed by atoms with Crippen LogP contribution in [0.25, 0.3) is 16.6 Å². The number of rotatable bonds is 7. The highest BCUT2D eigenvalue weighted by atomic mass is 16.5. The Labute approximate surface area is 187 Å². The van der Waals surface area contributed by atoms with Gasteiger partial charge in [-0.15, -0.1) is 5.10 Å².